The second kappa shape index (κ2) is 5.15. The summed E-state index contributed by atoms with van der Waals surface area (Å²) in [5.41, 5.74) is 2.46. The molecule has 2 aromatic heterocycles. The van der Waals surface area contributed by atoms with Crippen LogP contribution in [-0.4, -0.2) is 12.0 Å². The summed E-state index contributed by atoms with van der Waals surface area (Å²) >= 11 is 0. The molecule has 1 atom stereocenters. The predicted octanol–water partition coefficient (Wildman–Crippen LogP) is 2.79. The highest BCUT2D eigenvalue weighted by Gasteiger charge is 2.15. The predicted molar refractivity (Wildman–Crippen MR) is 67.9 cm³/mol. The van der Waals surface area contributed by atoms with Gasteiger partial charge in [-0.15, -0.1) is 0 Å². The SMILES string of the molecule is CNC(Cc1cccnc1)c1cc(C)oc1C. The summed E-state index contributed by atoms with van der Waals surface area (Å²) < 4.78 is 5.58. The van der Waals surface area contributed by atoms with E-state index >= 15 is 0 Å². The molecule has 3 heteroatoms. The lowest BCUT2D eigenvalue weighted by atomic mass is 10.0. The maximum Gasteiger partial charge on any atom is 0.105 e. The van der Waals surface area contributed by atoms with Crippen molar-refractivity contribution < 1.29 is 4.42 Å². The van der Waals surface area contributed by atoms with E-state index in [4.69, 9.17) is 4.42 Å². The third kappa shape index (κ3) is 2.74. The van der Waals surface area contributed by atoms with E-state index in [9.17, 15) is 0 Å². The highest BCUT2D eigenvalue weighted by atomic mass is 16.3. The van der Waals surface area contributed by atoms with Crippen LogP contribution >= 0.6 is 0 Å². The summed E-state index contributed by atoms with van der Waals surface area (Å²) in [6.07, 6.45) is 4.63. The number of nitrogens with zero attached hydrogens (tertiary/aromatic N) is 1. The van der Waals surface area contributed by atoms with E-state index in [0.29, 0.717) is 0 Å². The molecule has 90 valence electrons. The van der Waals surface area contributed by atoms with Crippen LogP contribution in [-0.2, 0) is 6.42 Å². The lowest BCUT2D eigenvalue weighted by Gasteiger charge is -2.15. The zero-order valence-electron chi connectivity index (χ0n) is 10.5. The molecule has 17 heavy (non-hydrogen) atoms. The van der Waals surface area contributed by atoms with Gasteiger partial charge in [-0.2, -0.15) is 0 Å². The molecule has 0 saturated heterocycles. The Kier molecular flexibility index (Phi) is 3.59. The fraction of sp³-hybridized carbons (Fsp3) is 0.357. The average molecular weight is 230 g/mol. The van der Waals surface area contributed by atoms with Crippen molar-refractivity contribution in [2.24, 2.45) is 0 Å². The number of likely N-dealkylation sites (N-methyl/N-ethyl adjacent to an activating group) is 1. The van der Waals surface area contributed by atoms with Crippen LogP contribution in [0.25, 0.3) is 0 Å². The summed E-state index contributed by atoms with van der Waals surface area (Å²) in [6.45, 7) is 3.99. The first-order valence-corrected chi connectivity index (χ1v) is 5.84. The van der Waals surface area contributed by atoms with Gasteiger partial charge in [0.25, 0.3) is 0 Å². The van der Waals surface area contributed by atoms with Crippen LogP contribution in [0.1, 0.15) is 28.7 Å². The molecule has 0 radical (unpaired) electrons. The van der Waals surface area contributed by atoms with Gasteiger partial charge in [-0.25, -0.2) is 0 Å². The van der Waals surface area contributed by atoms with Crippen molar-refractivity contribution in [1.29, 1.82) is 0 Å². The monoisotopic (exact) mass is 230 g/mol. The number of aromatic nitrogens is 1. The fourth-order valence-corrected chi connectivity index (χ4v) is 2.12. The Hall–Kier alpha value is -1.61. The van der Waals surface area contributed by atoms with Gasteiger partial charge in [0.1, 0.15) is 11.5 Å². The Morgan fingerprint density at radius 3 is 2.76 bits per heavy atom. The van der Waals surface area contributed by atoms with Crippen LogP contribution in [0.3, 0.4) is 0 Å². The van der Waals surface area contributed by atoms with Crippen LogP contribution in [0, 0.1) is 13.8 Å². The molecular formula is C14H18N2O. The molecule has 3 nitrogen and oxygen atoms in total. The molecule has 0 bridgehead atoms. The largest absolute Gasteiger partial charge is 0.466 e. The van der Waals surface area contributed by atoms with Crippen LogP contribution in [0.5, 0.6) is 0 Å². The van der Waals surface area contributed by atoms with Crippen molar-refractivity contribution in [3.05, 3.63) is 53.2 Å². The molecule has 2 rings (SSSR count). The van der Waals surface area contributed by atoms with Crippen molar-refractivity contribution in [1.82, 2.24) is 10.3 Å². The average Bonchev–Trinajstić information content (AvgIpc) is 2.67. The third-order valence-corrected chi connectivity index (χ3v) is 2.97. The van der Waals surface area contributed by atoms with Gasteiger partial charge in [0, 0.05) is 24.0 Å². The quantitative estimate of drug-likeness (QED) is 0.877. The standard InChI is InChI=1S/C14H18N2O/c1-10-7-13(11(2)17-10)14(15-3)8-12-5-4-6-16-9-12/h4-7,9,14-15H,8H2,1-3H3. The van der Waals surface area contributed by atoms with Gasteiger partial charge >= 0.3 is 0 Å². The minimum atomic E-state index is 0.275. The second-order valence-electron chi connectivity index (χ2n) is 4.28. The zero-order valence-corrected chi connectivity index (χ0v) is 10.5. The molecular weight excluding hydrogens is 212 g/mol. The number of rotatable bonds is 4. The minimum Gasteiger partial charge on any atom is -0.466 e. The first kappa shape index (κ1) is 11.9. The Morgan fingerprint density at radius 2 is 2.24 bits per heavy atom. The van der Waals surface area contributed by atoms with Gasteiger partial charge in [0.2, 0.25) is 0 Å². The van der Waals surface area contributed by atoms with E-state index in [1.165, 1.54) is 11.1 Å². The number of aryl methyl sites for hydroxylation is 2. The number of pyridine rings is 1. The molecule has 0 aliphatic heterocycles. The number of nitrogens with one attached hydrogen (secondary N) is 1. The van der Waals surface area contributed by atoms with Crippen LogP contribution in [0.2, 0.25) is 0 Å². The number of furan rings is 1. The normalized spacial score (nSPS) is 12.6. The van der Waals surface area contributed by atoms with Gasteiger partial charge in [0.05, 0.1) is 0 Å². The smallest absolute Gasteiger partial charge is 0.105 e. The summed E-state index contributed by atoms with van der Waals surface area (Å²) in [7, 11) is 1.98. The minimum absolute atomic E-state index is 0.275. The van der Waals surface area contributed by atoms with Gasteiger partial charge < -0.3 is 9.73 Å². The summed E-state index contributed by atoms with van der Waals surface area (Å²) in [5, 5.41) is 3.33. The van der Waals surface area contributed by atoms with Crippen molar-refractivity contribution in [3.8, 4) is 0 Å². The van der Waals surface area contributed by atoms with Crippen LogP contribution < -0.4 is 5.32 Å². The Balaban J connectivity index is 2.20. The third-order valence-electron chi connectivity index (χ3n) is 2.97. The van der Waals surface area contributed by atoms with Crippen LogP contribution in [0.15, 0.2) is 35.0 Å². The Morgan fingerprint density at radius 1 is 1.41 bits per heavy atom. The topological polar surface area (TPSA) is 38.1 Å². The lowest BCUT2D eigenvalue weighted by Crippen LogP contribution is -2.19. The van der Waals surface area contributed by atoms with Gasteiger partial charge in [-0.1, -0.05) is 6.07 Å². The second-order valence-corrected chi connectivity index (χ2v) is 4.28. The molecule has 2 heterocycles. The summed E-state index contributed by atoms with van der Waals surface area (Å²) in [6, 6.07) is 6.44. The molecule has 0 amide bonds. The Labute approximate surface area is 102 Å². The van der Waals surface area contributed by atoms with Crippen molar-refractivity contribution >= 4 is 0 Å². The van der Waals surface area contributed by atoms with Gasteiger partial charge in [-0.3, -0.25) is 4.98 Å². The van der Waals surface area contributed by atoms with E-state index in [1.807, 2.05) is 33.2 Å². The van der Waals surface area contributed by atoms with Crippen molar-refractivity contribution in [2.45, 2.75) is 26.3 Å². The first-order chi connectivity index (χ1) is 8.20. The number of hydrogen-bond donors (Lipinski definition) is 1. The molecule has 0 saturated carbocycles. The highest BCUT2D eigenvalue weighted by molar-refractivity contribution is 5.26. The zero-order chi connectivity index (χ0) is 12.3. The molecule has 1 unspecified atom stereocenters. The molecule has 0 aliphatic rings. The molecule has 2 aromatic rings. The van der Waals surface area contributed by atoms with E-state index in [1.54, 1.807) is 6.20 Å². The van der Waals surface area contributed by atoms with E-state index in [2.05, 4.69) is 22.4 Å². The van der Waals surface area contributed by atoms with E-state index in [0.717, 1.165) is 17.9 Å². The van der Waals surface area contributed by atoms with E-state index < -0.39 is 0 Å². The fourth-order valence-electron chi connectivity index (χ4n) is 2.12. The molecule has 0 aromatic carbocycles. The number of hydrogen-bond acceptors (Lipinski definition) is 3. The van der Waals surface area contributed by atoms with Crippen molar-refractivity contribution in [3.63, 3.8) is 0 Å². The molecule has 0 aliphatic carbocycles. The van der Waals surface area contributed by atoms with Crippen LogP contribution in [0.4, 0.5) is 0 Å². The summed E-state index contributed by atoms with van der Waals surface area (Å²) in [4.78, 5) is 4.14. The highest BCUT2D eigenvalue weighted by Crippen LogP contribution is 2.24. The Bertz CT molecular complexity index is 476. The maximum absolute atomic E-state index is 5.58. The summed E-state index contributed by atoms with van der Waals surface area (Å²) in [5.74, 6) is 1.95. The van der Waals surface area contributed by atoms with Gasteiger partial charge in [0.15, 0.2) is 0 Å². The molecule has 1 N–H and O–H groups in total. The molecule has 0 fully saturated rings. The maximum atomic E-state index is 5.58. The lowest BCUT2D eigenvalue weighted by molar-refractivity contribution is 0.490. The first-order valence-electron chi connectivity index (χ1n) is 5.84. The molecule has 0 spiro atoms. The van der Waals surface area contributed by atoms with E-state index in [-0.39, 0.29) is 6.04 Å². The van der Waals surface area contributed by atoms with Gasteiger partial charge in [-0.05, 0) is 45.0 Å². The van der Waals surface area contributed by atoms with Crippen molar-refractivity contribution in [2.75, 3.05) is 7.05 Å².